The molecule has 0 bridgehead atoms. The third kappa shape index (κ3) is 3.47. The van der Waals surface area contributed by atoms with Gasteiger partial charge in [-0.25, -0.2) is 0 Å². The van der Waals surface area contributed by atoms with Gasteiger partial charge in [0.15, 0.2) is 0 Å². The van der Waals surface area contributed by atoms with E-state index in [1.807, 2.05) is 26.0 Å². The molecule has 0 aromatic rings. The standard InChI is InChI=1S/C7H12O/c1-4-6-7(3)8-5-2/h4,6H,3,5H2,1-2H3. The van der Waals surface area contributed by atoms with Gasteiger partial charge in [0.2, 0.25) is 0 Å². The van der Waals surface area contributed by atoms with Gasteiger partial charge in [0.25, 0.3) is 0 Å². The Morgan fingerprint density at radius 1 is 1.75 bits per heavy atom. The van der Waals surface area contributed by atoms with Crippen molar-refractivity contribution in [2.75, 3.05) is 6.61 Å². The first-order valence-corrected chi connectivity index (χ1v) is 2.75. The SMILES string of the molecule is C=C(C=CC)OCC. The summed E-state index contributed by atoms with van der Waals surface area (Å²) < 4.78 is 5.00. The second kappa shape index (κ2) is 4.44. The van der Waals surface area contributed by atoms with E-state index >= 15 is 0 Å². The maximum atomic E-state index is 5.00. The Morgan fingerprint density at radius 3 is 2.75 bits per heavy atom. The van der Waals surface area contributed by atoms with Crippen molar-refractivity contribution in [3.63, 3.8) is 0 Å². The van der Waals surface area contributed by atoms with Crippen LogP contribution >= 0.6 is 0 Å². The van der Waals surface area contributed by atoms with Gasteiger partial charge in [-0.3, -0.25) is 0 Å². The Kier molecular flexibility index (Phi) is 4.04. The van der Waals surface area contributed by atoms with Crippen LogP contribution in [0.3, 0.4) is 0 Å². The van der Waals surface area contributed by atoms with Crippen molar-refractivity contribution in [1.82, 2.24) is 0 Å². The summed E-state index contributed by atoms with van der Waals surface area (Å²) in [6.45, 7) is 8.20. The van der Waals surface area contributed by atoms with Gasteiger partial charge in [-0.1, -0.05) is 12.7 Å². The number of hydrogen-bond acceptors (Lipinski definition) is 1. The predicted molar refractivity (Wildman–Crippen MR) is 35.6 cm³/mol. The Bertz CT molecular complexity index is 92.6. The summed E-state index contributed by atoms with van der Waals surface area (Å²) in [6.07, 6.45) is 3.74. The van der Waals surface area contributed by atoms with Crippen molar-refractivity contribution in [2.24, 2.45) is 0 Å². The zero-order valence-electron chi connectivity index (χ0n) is 5.48. The lowest BCUT2D eigenvalue weighted by Gasteiger charge is -1.98. The molecule has 0 aliphatic carbocycles. The van der Waals surface area contributed by atoms with E-state index in [0.717, 1.165) is 5.76 Å². The zero-order valence-corrected chi connectivity index (χ0v) is 5.48. The second-order valence-electron chi connectivity index (χ2n) is 1.40. The largest absolute Gasteiger partial charge is 0.495 e. The Hall–Kier alpha value is -0.720. The van der Waals surface area contributed by atoms with Gasteiger partial charge in [0, 0.05) is 0 Å². The molecule has 0 aromatic carbocycles. The summed E-state index contributed by atoms with van der Waals surface area (Å²) in [5.41, 5.74) is 0. The molecule has 0 unspecified atom stereocenters. The molecule has 0 fully saturated rings. The molecule has 8 heavy (non-hydrogen) atoms. The summed E-state index contributed by atoms with van der Waals surface area (Å²) in [5, 5.41) is 0. The summed E-state index contributed by atoms with van der Waals surface area (Å²) in [7, 11) is 0. The van der Waals surface area contributed by atoms with Crippen LogP contribution < -0.4 is 0 Å². The van der Waals surface area contributed by atoms with Gasteiger partial charge in [-0.05, 0) is 19.9 Å². The molecular weight excluding hydrogens is 100 g/mol. The highest BCUT2D eigenvalue weighted by Gasteiger charge is 1.79. The highest BCUT2D eigenvalue weighted by Crippen LogP contribution is 1.92. The summed E-state index contributed by atoms with van der Waals surface area (Å²) in [5.74, 6) is 0.731. The van der Waals surface area contributed by atoms with Crippen LogP contribution in [0.5, 0.6) is 0 Å². The van der Waals surface area contributed by atoms with E-state index < -0.39 is 0 Å². The monoisotopic (exact) mass is 112 g/mol. The second-order valence-corrected chi connectivity index (χ2v) is 1.40. The molecule has 0 aromatic heterocycles. The molecule has 0 heterocycles. The number of ether oxygens (including phenoxy) is 1. The minimum absolute atomic E-state index is 0.698. The van der Waals surface area contributed by atoms with Crippen LogP contribution in [0.15, 0.2) is 24.5 Å². The molecule has 1 heteroatoms. The Labute approximate surface area is 50.7 Å². The van der Waals surface area contributed by atoms with E-state index in [0.29, 0.717) is 6.61 Å². The molecular formula is C7H12O. The highest BCUT2D eigenvalue weighted by molar-refractivity contribution is 5.05. The molecule has 0 atom stereocenters. The van der Waals surface area contributed by atoms with Crippen LogP contribution in [0, 0.1) is 0 Å². The van der Waals surface area contributed by atoms with Gasteiger partial charge in [0.1, 0.15) is 5.76 Å². The molecule has 0 rings (SSSR count). The van der Waals surface area contributed by atoms with E-state index in [4.69, 9.17) is 4.74 Å². The first-order chi connectivity index (χ1) is 3.81. The highest BCUT2D eigenvalue weighted by atomic mass is 16.5. The summed E-state index contributed by atoms with van der Waals surface area (Å²) in [4.78, 5) is 0. The maximum absolute atomic E-state index is 5.00. The van der Waals surface area contributed by atoms with Crippen molar-refractivity contribution in [3.05, 3.63) is 24.5 Å². The van der Waals surface area contributed by atoms with Gasteiger partial charge < -0.3 is 4.74 Å². The van der Waals surface area contributed by atoms with Crippen molar-refractivity contribution in [2.45, 2.75) is 13.8 Å². The van der Waals surface area contributed by atoms with E-state index in [1.54, 1.807) is 0 Å². The predicted octanol–water partition coefficient (Wildman–Crippen LogP) is 2.11. The van der Waals surface area contributed by atoms with Gasteiger partial charge in [-0.15, -0.1) is 0 Å². The van der Waals surface area contributed by atoms with Crippen LogP contribution in [0.1, 0.15) is 13.8 Å². The fourth-order valence-electron chi connectivity index (χ4n) is 0.419. The molecule has 0 aliphatic rings. The lowest BCUT2D eigenvalue weighted by atomic mass is 10.5. The summed E-state index contributed by atoms with van der Waals surface area (Å²) >= 11 is 0. The zero-order chi connectivity index (χ0) is 6.41. The van der Waals surface area contributed by atoms with Crippen LogP contribution in [0.4, 0.5) is 0 Å². The number of allylic oxidation sites excluding steroid dienone is 2. The van der Waals surface area contributed by atoms with E-state index in [2.05, 4.69) is 6.58 Å². The average molecular weight is 112 g/mol. The first-order valence-electron chi connectivity index (χ1n) is 2.75. The van der Waals surface area contributed by atoms with Gasteiger partial charge in [-0.2, -0.15) is 0 Å². The Balaban J connectivity index is 3.33. The van der Waals surface area contributed by atoms with Crippen molar-refractivity contribution >= 4 is 0 Å². The fourth-order valence-corrected chi connectivity index (χ4v) is 0.419. The number of rotatable bonds is 3. The molecule has 0 radical (unpaired) electrons. The summed E-state index contributed by atoms with van der Waals surface area (Å²) in [6, 6.07) is 0. The van der Waals surface area contributed by atoms with Crippen molar-refractivity contribution < 1.29 is 4.74 Å². The molecule has 46 valence electrons. The van der Waals surface area contributed by atoms with E-state index in [9.17, 15) is 0 Å². The quantitative estimate of drug-likeness (QED) is 0.401. The fraction of sp³-hybridized carbons (Fsp3) is 0.429. The van der Waals surface area contributed by atoms with Gasteiger partial charge >= 0.3 is 0 Å². The van der Waals surface area contributed by atoms with Crippen LogP contribution in [0.2, 0.25) is 0 Å². The smallest absolute Gasteiger partial charge is 0.111 e. The molecule has 0 saturated heterocycles. The maximum Gasteiger partial charge on any atom is 0.111 e. The van der Waals surface area contributed by atoms with E-state index in [1.165, 1.54) is 0 Å². The third-order valence-electron chi connectivity index (χ3n) is 0.682. The molecule has 0 amide bonds. The topological polar surface area (TPSA) is 9.23 Å². The Morgan fingerprint density at radius 2 is 2.38 bits per heavy atom. The number of hydrogen-bond donors (Lipinski definition) is 0. The van der Waals surface area contributed by atoms with Crippen LogP contribution in [-0.2, 0) is 4.74 Å². The normalized spacial score (nSPS) is 9.75. The van der Waals surface area contributed by atoms with Crippen LogP contribution in [0.25, 0.3) is 0 Å². The van der Waals surface area contributed by atoms with Crippen LogP contribution in [-0.4, -0.2) is 6.61 Å². The minimum Gasteiger partial charge on any atom is -0.495 e. The first kappa shape index (κ1) is 7.28. The molecule has 0 spiro atoms. The molecule has 0 N–H and O–H groups in total. The molecule has 1 nitrogen and oxygen atoms in total. The molecule has 0 saturated carbocycles. The minimum atomic E-state index is 0.698. The third-order valence-corrected chi connectivity index (χ3v) is 0.682. The lowest BCUT2D eigenvalue weighted by molar-refractivity contribution is 0.244. The van der Waals surface area contributed by atoms with E-state index in [-0.39, 0.29) is 0 Å². The van der Waals surface area contributed by atoms with Gasteiger partial charge in [0.05, 0.1) is 6.61 Å². The lowest BCUT2D eigenvalue weighted by Crippen LogP contribution is -1.84. The average Bonchev–Trinajstić information content (AvgIpc) is 1.68. The van der Waals surface area contributed by atoms with Crippen molar-refractivity contribution in [3.8, 4) is 0 Å². The molecule has 0 aliphatic heterocycles. The van der Waals surface area contributed by atoms with Crippen molar-refractivity contribution in [1.29, 1.82) is 0 Å².